The summed E-state index contributed by atoms with van der Waals surface area (Å²) >= 11 is 0. The number of amides is 1. The van der Waals surface area contributed by atoms with E-state index in [9.17, 15) is 13.2 Å². The molecule has 0 saturated heterocycles. The molecule has 7 heteroatoms. The Bertz CT molecular complexity index is 872. The summed E-state index contributed by atoms with van der Waals surface area (Å²) in [5.41, 5.74) is 1.57. The lowest BCUT2D eigenvalue weighted by Crippen LogP contribution is -2.38. The molecule has 136 valence electrons. The highest BCUT2D eigenvalue weighted by atomic mass is 32.2. The van der Waals surface area contributed by atoms with Crippen LogP contribution < -0.4 is 5.32 Å². The first-order valence-corrected chi connectivity index (χ1v) is 9.64. The molecule has 0 aliphatic heterocycles. The Balaban J connectivity index is 1.82. The van der Waals surface area contributed by atoms with Gasteiger partial charge in [0.1, 0.15) is 0 Å². The zero-order valence-corrected chi connectivity index (χ0v) is 15.4. The third kappa shape index (κ3) is 5.41. The van der Waals surface area contributed by atoms with Gasteiger partial charge in [0.15, 0.2) is 0 Å². The Kier molecular flexibility index (Phi) is 6.89. The van der Waals surface area contributed by atoms with Gasteiger partial charge in [0.2, 0.25) is 15.9 Å². The minimum Gasteiger partial charge on any atom is -0.355 e. The molecule has 1 N–H and O–H groups in total. The Morgan fingerprint density at radius 3 is 2.38 bits per heavy atom. The van der Waals surface area contributed by atoms with Crippen molar-refractivity contribution >= 4 is 15.9 Å². The quantitative estimate of drug-likeness (QED) is 0.718. The lowest BCUT2D eigenvalue weighted by Gasteiger charge is -2.17. The van der Waals surface area contributed by atoms with Gasteiger partial charge >= 0.3 is 0 Å². The maximum atomic E-state index is 12.4. The summed E-state index contributed by atoms with van der Waals surface area (Å²) in [5, 5.41) is 11.5. The summed E-state index contributed by atoms with van der Waals surface area (Å²) < 4.78 is 25.9. The molecule has 6 nitrogen and oxygen atoms in total. The number of nitrogens with one attached hydrogen (secondary N) is 1. The van der Waals surface area contributed by atoms with Crippen molar-refractivity contribution in [2.75, 3.05) is 20.1 Å². The van der Waals surface area contributed by atoms with E-state index >= 15 is 0 Å². The largest absolute Gasteiger partial charge is 0.355 e. The number of hydrogen-bond donors (Lipinski definition) is 1. The van der Waals surface area contributed by atoms with Gasteiger partial charge in [-0.25, -0.2) is 8.42 Å². The topological polar surface area (TPSA) is 90.3 Å². The molecular weight excluding hydrogens is 350 g/mol. The third-order valence-electron chi connectivity index (χ3n) is 3.87. The third-order valence-corrected chi connectivity index (χ3v) is 5.68. The highest BCUT2D eigenvalue weighted by molar-refractivity contribution is 7.89. The highest BCUT2D eigenvalue weighted by Crippen LogP contribution is 2.14. The second kappa shape index (κ2) is 9.13. The summed E-state index contributed by atoms with van der Waals surface area (Å²) in [6.07, 6.45) is 1.63. The van der Waals surface area contributed by atoms with Gasteiger partial charge in [-0.2, -0.15) is 9.57 Å². The summed E-state index contributed by atoms with van der Waals surface area (Å²) in [4.78, 5) is 12.0. The van der Waals surface area contributed by atoms with Crippen LogP contribution in [0.2, 0.25) is 0 Å². The zero-order valence-electron chi connectivity index (χ0n) is 14.6. The molecular formula is C19H21N3O3S. The van der Waals surface area contributed by atoms with Crippen molar-refractivity contribution in [3.8, 4) is 6.07 Å². The van der Waals surface area contributed by atoms with Crippen molar-refractivity contribution in [2.45, 2.75) is 17.7 Å². The van der Waals surface area contributed by atoms with Crippen LogP contribution in [0.15, 0.2) is 59.5 Å². The number of carbonyl (C=O) groups is 1. The van der Waals surface area contributed by atoms with Crippen LogP contribution in [-0.4, -0.2) is 38.8 Å². The van der Waals surface area contributed by atoms with E-state index in [0.717, 1.165) is 17.1 Å². The van der Waals surface area contributed by atoms with Crippen molar-refractivity contribution in [3.63, 3.8) is 0 Å². The predicted octanol–water partition coefficient (Wildman–Crippen LogP) is 1.93. The van der Waals surface area contributed by atoms with Gasteiger partial charge in [-0.1, -0.05) is 30.3 Å². The number of benzene rings is 2. The fourth-order valence-corrected chi connectivity index (χ4v) is 3.52. The summed E-state index contributed by atoms with van der Waals surface area (Å²) in [6.45, 7) is 0.228. The van der Waals surface area contributed by atoms with Crippen molar-refractivity contribution in [1.82, 2.24) is 9.62 Å². The van der Waals surface area contributed by atoms with Gasteiger partial charge in [-0.15, -0.1) is 0 Å². The number of carbonyl (C=O) groups excluding carboxylic acids is 1. The molecule has 0 unspecified atom stereocenters. The standard InChI is InChI=1S/C19H21N3O3S/c1-22(26(24,25)18-11-9-17(14-20)10-12-18)15-19(23)21-13-5-8-16-6-3-2-4-7-16/h2-4,6-7,9-12H,5,8,13,15H2,1H3,(H,21,23). The predicted molar refractivity (Wildman–Crippen MR) is 98.7 cm³/mol. The van der Waals surface area contributed by atoms with Crippen LogP contribution in [-0.2, 0) is 21.2 Å². The fraction of sp³-hybridized carbons (Fsp3) is 0.263. The van der Waals surface area contributed by atoms with Crippen molar-refractivity contribution in [2.24, 2.45) is 0 Å². The molecule has 0 spiro atoms. The lowest BCUT2D eigenvalue weighted by atomic mass is 10.1. The maximum Gasteiger partial charge on any atom is 0.243 e. The van der Waals surface area contributed by atoms with Crippen molar-refractivity contribution < 1.29 is 13.2 Å². The maximum absolute atomic E-state index is 12.4. The molecule has 26 heavy (non-hydrogen) atoms. The van der Waals surface area contributed by atoms with Gasteiger partial charge in [0.05, 0.1) is 23.1 Å². The Hall–Kier alpha value is -2.69. The molecule has 0 heterocycles. The van der Waals surface area contributed by atoms with Gasteiger partial charge in [-0.05, 0) is 42.7 Å². The molecule has 0 radical (unpaired) electrons. The highest BCUT2D eigenvalue weighted by Gasteiger charge is 2.22. The van der Waals surface area contributed by atoms with Gasteiger partial charge in [0, 0.05) is 13.6 Å². The van der Waals surface area contributed by atoms with Crippen LogP contribution in [0.3, 0.4) is 0 Å². The lowest BCUT2D eigenvalue weighted by molar-refractivity contribution is -0.121. The van der Waals surface area contributed by atoms with Crippen LogP contribution in [0.1, 0.15) is 17.5 Å². The average molecular weight is 371 g/mol. The molecule has 0 aliphatic carbocycles. The number of likely N-dealkylation sites (N-methyl/N-ethyl adjacent to an activating group) is 1. The Labute approximate surface area is 154 Å². The van der Waals surface area contributed by atoms with E-state index in [0.29, 0.717) is 12.1 Å². The smallest absolute Gasteiger partial charge is 0.243 e. The molecule has 0 bridgehead atoms. The van der Waals surface area contributed by atoms with Crippen molar-refractivity contribution in [3.05, 3.63) is 65.7 Å². The van der Waals surface area contributed by atoms with E-state index in [1.807, 2.05) is 36.4 Å². The molecule has 0 atom stereocenters. The second-order valence-electron chi connectivity index (χ2n) is 5.84. The molecule has 2 aromatic rings. The first kappa shape index (κ1) is 19.6. The second-order valence-corrected chi connectivity index (χ2v) is 7.88. The van der Waals surface area contributed by atoms with Crippen LogP contribution >= 0.6 is 0 Å². The van der Waals surface area contributed by atoms with E-state index in [1.165, 1.54) is 36.9 Å². The van der Waals surface area contributed by atoms with Crippen LogP contribution in [0.5, 0.6) is 0 Å². The molecule has 0 aromatic heterocycles. The van der Waals surface area contributed by atoms with Crippen LogP contribution in [0.25, 0.3) is 0 Å². The average Bonchev–Trinajstić information content (AvgIpc) is 2.66. The number of aryl methyl sites for hydroxylation is 1. The Morgan fingerprint density at radius 1 is 1.12 bits per heavy atom. The van der Waals surface area contributed by atoms with Crippen LogP contribution in [0.4, 0.5) is 0 Å². The molecule has 2 aromatic carbocycles. The first-order chi connectivity index (χ1) is 12.4. The van der Waals surface area contributed by atoms with Crippen LogP contribution in [0, 0.1) is 11.3 Å². The normalized spacial score (nSPS) is 11.1. The number of hydrogen-bond acceptors (Lipinski definition) is 4. The Morgan fingerprint density at radius 2 is 1.77 bits per heavy atom. The fourth-order valence-electron chi connectivity index (χ4n) is 2.39. The zero-order chi connectivity index (χ0) is 19.0. The first-order valence-electron chi connectivity index (χ1n) is 8.20. The number of nitrogens with zero attached hydrogens (tertiary/aromatic N) is 2. The molecule has 2 rings (SSSR count). The van der Waals surface area contributed by atoms with E-state index < -0.39 is 10.0 Å². The van der Waals surface area contributed by atoms with E-state index in [2.05, 4.69) is 5.32 Å². The van der Waals surface area contributed by atoms with Gasteiger partial charge < -0.3 is 5.32 Å². The molecule has 0 saturated carbocycles. The van der Waals surface area contributed by atoms with Gasteiger partial charge in [-0.3, -0.25) is 4.79 Å². The number of nitriles is 1. The SMILES string of the molecule is CN(CC(=O)NCCCc1ccccc1)S(=O)(=O)c1ccc(C#N)cc1. The number of rotatable bonds is 8. The van der Waals surface area contributed by atoms with E-state index in [4.69, 9.17) is 5.26 Å². The summed E-state index contributed by atoms with van der Waals surface area (Å²) in [7, 11) is -2.41. The van der Waals surface area contributed by atoms with E-state index in [1.54, 1.807) is 0 Å². The summed E-state index contributed by atoms with van der Waals surface area (Å²) in [6, 6.07) is 17.5. The van der Waals surface area contributed by atoms with Gasteiger partial charge in [0.25, 0.3) is 0 Å². The van der Waals surface area contributed by atoms with Crippen molar-refractivity contribution in [1.29, 1.82) is 5.26 Å². The monoisotopic (exact) mass is 371 g/mol. The van der Waals surface area contributed by atoms with E-state index in [-0.39, 0.29) is 17.3 Å². The minimum atomic E-state index is -3.77. The molecule has 0 aliphatic rings. The minimum absolute atomic E-state index is 0.0517. The molecule has 1 amide bonds. The molecule has 0 fully saturated rings. The summed E-state index contributed by atoms with van der Waals surface area (Å²) in [5.74, 6) is -0.349. The number of sulfonamides is 1.